The van der Waals surface area contributed by atoms with Crippen LogP contribution in [0.25, 0.3) is 0 Å². The van der Waals surface area contributed by atoms with Crippen molar-refractivity contribution < 1.29 is 19.0 Å². The third-order valence-electron chi connectivity index (χ3n) is 8.30. The van der Waals surface area contributed by atoms with Crippen LogP contribution < -0.4 is 0 Å². The lowest BCUT2D eigenvalue weighted by atomic mass is 9.54. The number of rotatable bonds is 0. The number of carbonyl (C=O) groups excluding carboxylic acids is 1. The highest BCUT2D eigenvalue weighted by molar-refractivity contribution is 5.87. The first-order chi connectivity index (χ1) is 11.6. The number of allylic oxidation sites excluding steroid dienone is 2. The van der Waals surface area contributed by atoms with Crippen LogP contribution in [-0.2, 0) is 19.0 Å². The fraction of sp³-hybridized carbons (Fsp3) is 0.850. The minimum absolute atomic E-state index is 0.0851. The van der Waals surface area contributed by atoms with E-state index < -0.39 is 11.6 Å². The van der Waals surface area contributed by atoms with Gasteiger partial charge in [-0.15, -0.1) is 0 Å². The lowest BCUT2D eigenvalue weighted by Crippen LogP contribution is -2.50. The van der Waals surface area contributed by atoms with Crippen LogP contribution in [0.4, 0.5) is 0 Å². The van der Waals surface area contributed by atoms with Crippen LogP contribution in [0.15, 0.2) is 11.6 Å². The maximum atomic E-state index is 12.4. The predicted molar refractivity (Wildman–Crippen MR) is 85.9 cm³/mol. The van der Waals surface area contributed by atoms with Crippen molar-refractivity contribution in [2.75, 3.05) is 13.2 Å². The fourth-order valence-electron chi connectivity index (χ4n) is 6.99. The molecule has 0 radical (unpaired) electrons. The van der Waals surface area contributed by atoms with Crippen LogP contribution >= 0.6 is 0 Å². The summed E-state index contributed by atoms with van der Waals surface area (Å²) in [5, 5.41) is 0. The van der Waals surface area contributed by atoms with Crippen molar-refractivity contribution in [3.63, 3.8) is 0 Å². The molecule has 0 aromatic rings. The van der Waals surface area contributed by atoms with Gasteiger partial charge in [0, 0.05) is 24.7 Å². The van der Waals surface area contributed by atoms with E-state index in [9.17, 15) is 4.79 Å². The highest BCUT2D eigenvalue weighted by Gasteiger charge is 2.78. The Morgan fingerprint density at radius 1 is 1.04 bits per heavy atom. The fourth-order valence-corrected chi connectivity index (χ4v) is 6.99. The van der Waals surface area contributed by atoms with Gasteiger partial charge < -0.3 is 14.2 Å². The smallest absolute Gasteiger partial charge is 0.227 e. The molecule has 2 aliphatic heterocycles. The van der Waals surface area contributed by atoms with Gasteiger partial charge in [0.05, 0.1) is 13.2 Å². The van der Waals surface area contributed by atoms with Gasteiger partial charge in [0.1, 0.15) is 5.78 Å². The summed E-state index contributed by atoms with van der Waals surface area (Å²) in [6.45, 7) is 3.53. The summed E-state index contributed by atoms with van der Waals surface area (Å²) < 4.78 is 18.1. The molecule has 0 amide bonds. The molecule has 6 rings (SSSR count). The number of hydrogen-bond donors (Lipinski definition) is 0. The molecule has 7 atom stereocenters. The number of epoxide rings is 1. The maximum Gasteiger partial charge on any atom is 0.227 e. The third-order valence-corrected chi connectivity index (χ3v) is 8.30. The van der Waals surface area contributed by atoms with E-state index in [1.807, 2.05) is 0 Å². The van der Waals surface area contributed by atoms with Gasteiger partial charge >= 0.3 is 0 Å². The average molecular weight is 330 g/mol. The second-order valence-electron chi connectivity index (χ2n) is 9.16. The summed E-state index contributed by atoms with van der Waals surface area (Å²) in [6, 6.07) is 0. The molecular weight excluding hydrogens is 304 g/mol. The van der Waals surface area contributed by atoms with Gasteiger partial charge in [0.2, 0.25) is 11.6 Å². The molecule has 24 heavy (non-hydrogen) atoms. The molecule has 0 N–H and O–H groups in total. The minimum atomic E-state index is -0.457. The Labute approximate surface area is 142 Å². The van der Waals surface area contributed by atoms with Gasteiger partial charge in [-0.3, -0.25) is 4.79 Å². The lowest BCUT2D eigenvalue weighted by Gasteiger charge is -2.50. The Bertz CT molecular complexity index is 656. The summed E-state index contributed by atoms with van der Waals surface area (Å²) in [7, 11) is 0. The van der Waals surface area contributed by atoms with Crippen molar-refractivity contribution in [3.05, 3.63) is 11.6 Å². The first-order valence-electron chi connectivity index (χ1n) is 9.78. The molecule has 0 spiro atoms. The molecule has 0 aromatic carbocycles. The number of Topliss-reactive ketones (excluding diaryl/α,β-unsaturated/α-hetero) is 1. The summed E-state index contributed by atoms with van der Waals surface area (Å²) in [5.74, 6) is 2.03. The molecule has 2 heterocycles. The van der Waals surface area contributed by atoms with Gasteiger partial charge in [-0.05, 0) is 49.4 Å². The Kier molecular flexibility index (Phi) is 2.61. The molecule has 2 unspecified atom stereocenters. The van der Waals surface area contributed by atoms with E-state index in [-0.39, 0.29) is 5.41 Å². The van der Waals surface area contributed by atoms with E-state index in [1.165, 1.54) is 12.8 Å². The van der Waals surface area contributed by atoms with Gasteiger partial charge in [-0.1, -0.05) is 18.6 Å². The van der Waals surface area contributed by atoms with E-state index >= 15 is 0 Å². The monoisotopic (exact) mass is 330 g/mol. The Hall–Kier alpha value is -0.710. The van der Waals surface area contributed by atoms with Crippen LogP contribution in [0.1, 0.15) is 51.9 Å². The molecule has 4 aliphatic carbocycles. The van der Waals surface area contributed by atoms with Crippen LogP contribution in [0.2, 0.25) is 0 Å². The predicted octanol–water partition coefficient (Wildman–Crippen LogP) is 3.21. The van der Waals surface area contributed by atoms with Crippen molar-refractivity contribution in [1.82, 2.24) is 0 Å². The number of ether oxygens (including phenoxy) is 3. The molecule has 2 saturated heterocycles. The molecule has 6 aliphatic rings. The van der Waals surface area contributed by atoms with Crippen molar-refractivity contribution in [3.8, 4) is 0 Å². The molecule has 130 valence electrons. The van der Waals surface area contributed by atoms with E-state index in [0.717, 1.165) is 32.1 Å². The lowest BCUT2D eigenvalue weighted by molar-refractivity contribution is -0.172. The van der Waals surface area contributed by atoms with Crippen LogP contribution in [0.5, 0.6) is 0 Å². The van der Waals surface area contributed by atoms with Gasteiger partial charge in [0.25, 0.3) is 0 Å². The van der Waals surface area contributed by atoms with Crippen LogP contribution in [0.3, 0.4) is 0 Å². The van der Waals surface area contributed by atoms with Crippen LogP contribution in [0, 0.1) is 29.1 Å². The van der Waals surface area contributed by atoms with E-state index in [2.05, 4.69) is 13.0 Å². The van der Waals surface area contributed by atoms with Crippen molar-refractivity contribution in [2.45, 2.75) is 63.4 Å². The zero-order chi connectivity index (χ0) is 16.2. The highest BCUT2D eigenvalue weighted by atomic mass is 16.9. The molecule has 3 saturated carbocycles. The normalized spacial score (nSPS) is 57.9. The SMILES string of the molecule is C[C@]12CC=C3[C@@H](CCC4C[C@]56OCCOC5(C[C@@H]34)O6)[C@@H]1CCC2=O. The molecule has 4 heteroatoms. The Morgan fingerprint density at radius 2 is 1.83 bits per heavy atom. The number of fused-ring (bicyclic) bond motifs is 5. The van der Waals surface area contributed by atoms with Crippen LogP contribution in [-0.4, -0.2) is 30.6 Å². The number of carbonyl (C=O) groups is 1. The maximum absolute atomic E-state index is 12.4. The van der Waals surface area contributed by atoms with Crippen molar-refractivity contribution in [2.24, 2.45) is 29.1 Å². The Morgan fingerprint density at radius 3 is 2.67 bits per heavy atom. The first kappa shape index (κ1) is 14.5. The molecule has 5 fully saturated rings. The number of ketones is 1. The average Bonchev–Trinajstić information content (AvgIpc) is 3.17. The summed E-state index contributed by atoms with van der Waals surface area (Å²) in [6.07, 6.45) is 9.71. The summed E-state index contributed by atoms with van der Waals surface area (Å²) in [5.41, 5.74) is 1.55. The van der Waals surface area contributed by atoms with Gasteiger partial charge in [-0.25, -0.2) is 0 Å². The Balaban J connectivity index is 1.35. The molecular formula is C20H26O4. The number of hydrogen-bond acceptors (Lipinski definition) is 4. The first-order valence-corrected chi connectivity index (χ1v) is 9.78. The largest absolute Gasteiger partial charge is 0.343 e. The topological polar surface area (TPSA) is 48.1 Å². The quantitative estimate of drug-likeness (QED) is 0.505. The summed E-state index contributed by atoms with van der Waals surface area (Å²) >= 11 is 0. The molecule has 0 bridgehead atoms. The zero-order valence-corrected chi connectivity index (χ0v) is 14.4. The summed E-state index contributed by atoms with van der Waals surface area (Å²) in [4.78, 5) is 12.4. The van der Waals surface area contributed by atoms with E-state index in [1.54, 1.807) is 5.57 Å². The standard InChI is InChI=1S/C20H26O4/c1-18-7-6-13-14(16(18)4-5-17(18)21)3-2-12-10-19-20(24-19,11-15(12)13)23-9-8-22-19/h6,12,14-16H,2-5,7-11H2,1H3/t12?,14-,15-,16+,18+,19-,20?/m1/s1. The van der Waals surface area contributed by atoms with Gasteiger partial charge in [-0.2, -0.15) is 0 Å². The second kappa shape index (κ2) is 4.33. The van der Waals surface area contributed by atoms with Crippen molar-refractivity contribution >= 4 is 5.78 Å². The minimum Gasteiger partial charge on any atom is -0.343 e. The second-order valence-corrected chi connectivity index (χ2v) is 9.16. The molecule has 4 nitrogen and oxygen atoms in total. The van der Waals surface area contributed by atoms with Gasteiger partial charge in [0.15, 0.2) is 0 Å². The zero-order valence-electron chi connectivity index (χ0n) is 14.4. The van der Waals surface area contributed by atoms with E-state index in [4.69, 9.17) is 14.2 Å². The third kappa shape index (κ3) is 1.55. The highest BCUT2D eigenvalue weighted by Crippen LogP contribution is 2.68. The van der Waals surface area contributed by atoms with E-state index in [0.29, 0.717) is 42.7 Å². The van der Waals surface area contributed by atoms with Crippen molar-refractivity contribution in [1.29, 1.82) is 0 Å². The molecule has 0 aromatic heterocycles.